The molecule has 4 aliphatic rings. The summed E-state index contributed by atoms with van der Waals surface area (Å²) < 4.78 is 0. The predicted molar refractivity (Wildman–Crippen MR) is 79.3 cm³/mol. The zero-order valence-corrected chi connectivity index (χ0v) is 11.9. The number of nitrogens with one attached hydrogen (secondary N) is 1. The summed E-state index contributed by atoms with van der Waals surface area (Å²) in [4.78, 5) is 12.2. The number of hydrogen-bond donors (Lipinski definition) is 1. The zero-order valence-electron chi connectivity index (χ0n) is 11.9. The average Bonchev–Trinajstić information content (AvgIpc) is 2.46. The molecular formula is C18H23NO. The van der Waals surface area contributed by atoms with Gasteiger partial charge in [0.15, 0.2) is 0 Å². The molecule has 0 unspecified atom stereocenters. The fourth-order valence-electron chi connectivity index (χ4n) is 5.27. The van der Waals surface area contributed by atoms with Crippen LogP contribution in [-0.2, 0) is 0 Å². The van der Waals surface area contributed by atoms with Crippen LogP contribution in [0.3, 0.4) is 0 Å². The summed E-state index contributed by atoms with van der Waals surface area (Å²) in [6.07, 6.45) is 7.21. The van der Waals surface area contributed by atoms with Gasteiger partial charge in [0, 0.05) is 12.1 Å². The fourth-order valence-corrected chi connectivity index (χ4v) is 5.27. The van der Waals surface area contributed by atoms with Gasteiger partial charge in [0.25, 0.3) is 5.91 Å². The van der Waals surface area contributed by atoms with Gasteiger partial charge in [-0.2, -0.15) is 0 Å². The number of carbonyl (C=O) groups is 1. The number of carbonyl (C=O) groups excluding carboxylic acids is 1. The molecule has 1 amide bonds. The second kappa shape index (κ2) is 4.91. The molecule has 4 fully saturated rings. The van der Waals surface area contributed by atoms with Crippen LogP contribution in [0, 0.1) is 29.6 Å². The Morgan fingerprint density at radius 2 is 1.55 bits per heavy atom. The minimum absolute atomic E-state index is 0.0967. The van der Waals surface area contributed by atoms with E-state index < -0.39 is 0 Å². The molecule has 0 heterocycles. The highest BCUT2D eigenvalue weighted by Gasteiger charge is 2.47. The summed E-state index contributed by atoms with van der Waals surface area (Å²) in [7, 11) is 0. The minimum Gasteiger partial charge on any atom is -0.352 e. The molecule has 4 saturated carbocycles. The first-order valence-corrected chi connectivity index (χ1v) is 8.13. The van der Waals surface area contributed by atoms with E-state index in [-0.39, 0.29) is 5.91 Å². The lowest BCUT2D eigenvalue weighted by Crippen LogP contribution is -2.49. The second-order valence-corrected chi connectivity index (χ2v) is 7.17. The van der Waals surface area contributed by atoms with Crippen molar-refractivity contribution in [3.05, 3.63) is 35.9 Å². The third-order valence-electron chi connectivity index (χ3n) is 5.96. The molecule has 1 aromatic rings. The van der Waals surface area contributed by atoms with Gasteiger partial charge in [0.1, 0.15) is 0 Å². The van der Waals surface area contributed by atoms with Crippen LogP contribution < -0.4 is 5.32 Å². The third-order valence-corrected chi connectivity index (χ3v) is 5.96. The summed E-state index contributed by atoms with van der Waals surface area (Å²) >= 11 is 0. The van der Waals surface area contributed by atoms with E-state index in [1.807, 2.05) is 30.3 Å². The van der Waals surface area contributed by atoms with Gasteiger partial charge in [0.05, 0.1) is 0 Å². The number of rotatable bonds is 3. The summed E-state index contributed by atoms with van der Waals surface area (Å²) in [5.74, 6) is 4.65. The van der Waals surface area contributed by atoms with Crippen molar-refractivity contribution in [2.45, 2.75) is 32.1 Å². The molecule has 0 spiro atoms. The van der Waals surface area contributed by atoms with E-state index >= 15 is 0 Å². The van der Waals surface area contributed by atoms with E-state index in [0.717, 1.165) is 41.7 Å². The molecule has 0 aliphatic heterocycles. The monoisotopic (exact) mass is 269 g/mol. The van der Waals surface area contributed by atoms with Crippen molar-refractivity contribution >= 4 is 5.91 Å². The van der Waals surface area contributed by atoms with Gasteiger partial charge in [-0.25, -0.2) is 0 Å². The predicted octanol–water partition coefficient (Wildman–Crippen LogP) is 3.49. The second-order valence-electron chi connectivity index (χ2n) is 7.17. The van der Waals surface area contributed by atoms with Gasteiger partial charge in [-0.1, -0.05) is 18.2 Å². The van der Waals surface area contributed by atoms with E-state index in [0.29, 0.717) is 0 Å². The normalized spacial score (nSPS) is 37.9. The van der Waals surface area contributed by atoms with Crippen LogP contribution in [0.1, 0.15) is 42.5 Å². The first kappa shape index (κ1) is 12.4. The molecule has 20 heavy (non-hydrogen) atoms. The summed E-state index contributed by atoms with van der Waals surface area (Å²) in [6, 6.07) is 9.60. The molecule has 106 valence electrons. The van der Waals surface area contributed by atoms with Gasteiger partial charge >= 0.3 is 0 Å². The van der Waals surface area contributed by atoms with Crippen LogP contribution in [0.4, 0.5) is 0 Å². The maximum absolute atomic E-state index is 12.2. The lowest BCUT2D eigenvalue weighted by Gasteiger charge is -2.54. The quantitative estimate of drug-likeness (QED) is 0.894. The van der Waals surface area contributed by atoms with E-state index in [9.17, 15) is 4.79 Å². The van der Waals surface area contributed by atoms with Gasteiger partial charge in [0.2, 0.25) is 0 Å². The summed E-state index contributed by atoms with van der Waals surface area (Å²) in [6.45, 7) is 0.891. The van der Waals surface area contributed by atoms with Crippen molar-refractivity contribution in [2.75, 3.05) is 6.54 Å². The summed E-state index contributed by atoms with van der Waals surface area (Å²) in [5, 5.41) is 3.19. The van der Waals surface area contributed by atoms with Gasteiger partial charge in [-0.15, -0.1) is 0 Å². The molecule has 1 aromatic carbocycles. The van der Waals surface area contributed by atoms with Crippen LogP contribution in [0.15, 0.2) is 30.3 Å². The molecule has 4 aliphatic carbocycles. The molecular weight excluding hydrogens is 246 g/mol. The highest BCUT2D eigenvalue weighted by Crippen LogP contribution is 2.56. The van der Waals surface area contributed by atoms with Crippen molar-refractivity contribution in [2.24, 2.45) is 29.6 Å². The Morgan fingerprint density at radius 1 is 0.950 bits per heavy atom. The Balaban J connectivity index is 1.39. The van der Waals surface area contributed by atoms with Crippen LogP contribution in [0.2, 0.25) is 0 Å². The van der Waals surface area contributed by atoms with Crippen LogP contribution in [0.25, 0.3) is 0 Å². The lowest BCUT2D eigenvalue weighted by atomic mass is 9.52. The molecule has 2 heteroatoms. The Bertz CT molecular complexity index is 467. The Kier molecular flexibility index (Phi) is 3.05. The molecule has 0 atom stereocenters. The van der Waals surface area contributed by atoms with E-state index in [1.54, 1.807) is 0 Å². The molecule has 0 aromatic heterocycles. The van der Waals surface area contributed by atoms with Crippen molar-refractivity contribution in [3.63, 3.8) is 0 Å². The lowest BCUT2D eigenvalue weighted by molar-refractivity contribution is -0.0347. The fraction of sp³-hybridized carbons (Fsp3) is 0.611. The molecule has 2 nitrogen and oxygen atoms in total. The minimum atomic E-state index is 0.0967. The first-order valence-electron chi connectivity index (χ1n) is 8.13. The van der Waals surface area contributed by atoms with Crippen molar-refractivity contribution < 1.29 is 4.79 Å². The largest absolute Gasteiger partial charge is 0.352 e. The van der Waals surface area contributed by atoms with Gasteiger partial charge in [-0.05, 0) is 73.8 Å². The van der Waals surface area contributed by atoms with E-state index in [4.69, 9.17) is 0 Å². The highest BCUT2D eigenvalue weighted by molar-refractivity contribution is 5.94. The smallest absolute Gasteiger partial charge is 0.251 e. The van der Waals surface area contributed by atoms with Crippen LogP contribution in [-0.4, -0.2) is 12.5 Å². The number of benzene rings is 1. The zero-order chi connectivity index (χ0) is 13.5. The van der Waals surface area contributed by atoms with E-state index in [1.165, 1.54) is 32.1 Å². The maximum Gasteiger partial charge on any atom is 0.251 e. The topological polar surface area (TPSA) is 29.1 Å². The number of amides is 1. The van der Waals surface area contributed by atoms with Crippen molar-refractivity contribution in [3.8, 4) is 0 Å². The summed E-state index contributed by atoms with van der Waals surface area (Å²) in [5.41, 5.74) is 0.788. The highest BCUT2D eigenvalue weighted by atomic mass is 16.1. The molecule has 5 rings (SSSR count). The Labute approximate surface area is 121 Å². The van der Waals surface area contributed by atoms with Crippen LogP contribution >= 0.6 is 0 Å². The Hall–Kier alpha value is -1.31. The van der Waals surface area contributed by atoms with Crippen molar-refractivity contribution in [1.29, 1.82) is 0 Å². The maximum atomic E-state index is 12.2. The molecule has 4 bridgehead atoms. The SMILES string of the molecule is O=C(NCC1C2CC3CC(C2)CC1C3)c1ccccc1. The van der Waals surface area contributed by atoms with Gasteiger partial charge in [-0.3, -0.25) is 4.79 Å². The van der Waals surface area contributed by atoms with Gasteiger partial charge < -0.3 is 5.32 Å². The van der Waals surface area contributed by atoms with E-state index in [2.05, 4.69) is 5.32 Å². The number of hydrogen-bond acceptors (Lipinski definition) is 1. The average molecular weight is 269 g/mol. The van der Waals surface area contributed by atoms with Crippen molar-refractivity contribution in [1.82, 2.24) is 5.32 Å². The Morgan fingerprint density at radius 3 is 2.15 bits per heavy atom. The molecule has 1 N–H and O–H groups in total. The standard InChI is InChI=1S/C18H23NO/c20-18(14-4-2-1-3-5-14)19-11-17-15-7-12-6-13(9-15)10-16(17)8-12/h1-5,12-13,15-17H,6-11H2,(H,19,20). The third kappa shape index (κ3) is 2.15. The first-order chi connectivity index (χ1) is 9.79. The molecule has 0 radical (unpaired) electrons. The molecule has 0 saturated heterocycles. The van der Waals surface area contributed by atoms with Crippen LogP contribution in [0.5, 0.6) is 0 Å².